The van der Waals surface area contributed by atoms with Crippen LogP contribution >= 0.6 is 0 Å². The van der Waals surface area contributed by atoms with Gasteiger partial charge in [-0.25, -0.2) is 4.79 Å². The topological polar surface area (TPSA) is 200 Å². The first-order valence-electron chi connectivity index (χ1n) is 9.18. The van der Waals surface area contributed by atoms with Crippen LogP contribution in [0.15, 0.2) is 29.2 Å². The molecule has 3 unspecified atom stereocenters. The monoisotopic (exact) mass is 463 g/mol. The first-order valence-corrected chi connectivity index (χ1v) is 10.6. The van der Waals surface area contributed by atoms with Gasteiger partial charge in [0.1, 0.15) is 18.3 Å². The molecule has 13 heteroatoms. The van der Waals surface area contributed by atoms with E-state index in [4.69, 9.17) is 14.0 Å². The molecule has 31 heavy (non-hydrogen) atoms. The highest BCUT2D eigenvalue weighted by Crippen LogP contribution is 2.30. The van der Waals surface area contributed by atoms with E-state index in [1.165, 1.54) is 24.3 Å². The van der Waals surface area contributed by atoms with Crippen LogP contribution in [0, 0.1) is 6.92 Å². The van der Waals surface area contributed by atoms with Gasteiger partial charge in [-0.05, 0) is 19.1 Å². The Morgan fingerprint density at radius 3 is 2.39 bits per heavy atom. The third-order valence-corrected chi connectivity index (χ3v) is 6.02. The molecule has 2 rings (SSSR count). The predicted octanol–water partition coefficient (Wildman–Crippen LogP) is -2.15. The number of aliphatic carboxylic acids is 1. The summed E-state index contributed by atoms with van der Waals surface area (Å²) in [5.74, 6) is -5.44. The zero-order valence-electron chi connectivity index (χ0n) is 16.7. The van der Waals surface area contributed by atoms with Gasteiger partial charge in [0.05, 0.1) is 23.6 Å². The Morgan fingerprint density at radius 2 is 1.87 bits per heavy atom. The van der Waals surface area contributed by atoms with Gasteiger partial charge in [-0.15, -0.1) is 0 Å². The predicted molar refractivity (Wildman–Crippen MR) is 102 cm³/mol. The van der Waals surface area contributed by atoms with Crippen LogP contribution in [0.3, 0.4) is 0 Å². The van der Waals surface area contributed by atoms with Crippen LogP contribution in [0.4, 0.5) is 0 Å². The number of hydrogen-bond donors (Lipinski definition) is 6. The fourth-order valence-electron chi connectivity index (χ4n) is 3.06. The van der Waals surface area contributed by atoms with Gasteiger partial charge < -0.3 is 35.6 Å². The summed E-state index contributed by atoms with van der Waals surface area (Å²) in [6.45, 7) is 1.88. The van der Waals surface area contributed by atoms with Gasteiger partial charge in [-0.3, -0.25) is 8.98 Å². The summed E-state index contributed by atoms with van der Waals surface area (Å²) < 4.78 is 34.2. The van der Waals surface area contributed by atoms with Crippen LogP contribution in [0.5, 0.6) is 0 Å². The number of aryl methyl sites for hydroxylation is 1. The van der Waals surface area contributed by atoms with Crippen LogP contribution in [0.2, 0.25) is 0 Å². The van der Waals surface area contributed by atoms with Crippen molar-refractivity contribution in [2.24, 2.45) is 0 Å². The summed E-state index contributed by atoms with van der Waals surface area (Å²) >= 11 is 0. The van der Waals surface area contributed by atoms with Crippen molar-refractivity contribution in [1.29, 1.82) is 0 Å². The van der Waals surface area contributed by atoms with Gasteiger partial charge in [0.2, 0.25) is 5.91 Å². The minimum Gasteiger partial charge on any atom is -0.477 e. The van der Waals surface area contributed by atoms with Crippen LogP contribution in [-0.2, 0) is 28.6 Å². The largest absolute Gasteiger partial charge is 0.477 e. The first-order chi connectivity index (χ1) is 14.3. The molecule has 0 saturated carbocycles. The lowest BCUT2D eigenvalue weighted by Gasteiger charge is -2.44. The highest BCUT2D eigenvalue weighted by atomic mass is 32.2. The average molecular weight is 463 g/mol. The maximum absolute atomic E-state index is 12.2. The van der Waals surface area contributed by atoms with Crippen molar-refractivity contribution in [3.8, 4) is 0 Å². The Hall–Kier alpha value is -2.13. The fourth-order valence-corrected chi connectivity index (χ4v) is 3.98. The molecule has 6 atom stereocenters. The fraction of sp³-hybridized carbons (Fsp3) is 0.556. The number of ether oxygens (including phenoxy) is 1. The van der Waals surface area contributed by atoms with E-state index in [1.807, 2.05) is 0 Å². The molecular weight excluding hydrogens is 438 g/mol. The van der Waals surface area contributed by atoms with Gasteiger partial charge in [-0.1, -0.05) is 17.7 Å². The molecule has 0 aromatic heterocycles. The smallest absolute Gasteiger partial charge is 0.364 e. The molecule has 0 radical (unpaired) electrons. The maximum Gasteiger partial charge on any atom is 0.364 e. The molecule has 1 aliphatic heterocycles. The van der Waals surface area contributed by atoms with Crippen LogP contribution in [-0.4, -0.2) is 88.7 Å². The minimum atomic E-state index is -4.29. The third-order valence-electron chi connectivity index (χ3n) is 4.72. The molecule has 6 N–H and O–H groups in total. The van der Waals surface area contributed by atoms with E-state index < -0.39 is 71.3 Å². The van der Waals surface area contributed by atoms with Crippen molar-refractivity contribution in [1.82, 2.24) is 5.32 Å². The highest BCUT2D eigenvalue weighted by molar-refractivity contribution is 7.86. The Bertz CT molecular complexity index is 904. The minimum absolute atomic E-state index is 0.194. The number of amides is 1. The highest BCUT2D eigenvalue weighted by Gasteiger charge is 2.54. The molecule has 1 heterocycles. The standard InChI is InChI=1S/C18H25NO11S/c1-9-3-5-11(6-4-9)31(27,28)29-8-13(22)15(23)16-14(19-10(2)20)12(21)7-18(26,30-16)17(24)25/h3-6,12-16,21-23,26H,7-8H2,1-2H3,(H,19,20)(H,24,25)/t12-,13-,14?,15-,16?,18?/m1/s1. The molecular formula is C18H25NO11S. The number of carboxylic acid groups (broad SMARTS) is 1. The molecule has 1 amide bonds. The summed E-state index contributed by atoms with van der Waals surface area (Å²) in [5.41, 5.74) is 0.803. The van der Waals surface area contributed by atoms with Crippen molar-refractivity contribution < 1.29 is 52.5 Å². The number of carbonyl (C=O) groups is 2. The average Bonchev–Trinajstić information content (AvgIpc) is 2.67. The van der Waals surface area contributed by atoms with Crippen molar-refractivity contribution in [3.63, 3.8) is 0 Å². The summed E-state index contributed by atoms with van der Waals surface area (Å²) in [6.07, 6.45) is -8.31. The molecule has 174 valence electrons. The number of aliphatic hydroxyl groups is 4. The zero-order valence-corrected chi connectivity index (χ0v) is 17.5. The second kappa shape index (κ2) is 9.56. The lowest BCUT2D eigenvalue weighted by Crippen LogP contribution is -2.67. The van der Waals surface area contributed by atoms with E-state index in [1.54, 1.807) is 6.92 Å². The number of carbonyl (C=O) groups excluding carboxylic acids is 1. The third kappa shape index (κ3) is 5.98. The Balaban J connectivity index is 2.17. The molecule has 1 saturated heterocycles. The number of benzene rings is 1. The molecule has 0 bridgehead atoms. The number of rotatable bonds is 8. The number of nitrogens with one attached hydrogen (secondary N) is 1. The maximum atomic E-state index is 12.2. The van der Waals surface area contributed by atoms with Crippen molar-refractivity contribution >= 4 is 22.0 Å². The second-order valence-electron chi connectivity index (χ2n) is 7.28. The van der Waals surface area contributed by atoms with Crippen molar-refractivity contribution in [2.75, 3.05) is 6.61 Å². The van der Waals surface area contributed by atoms with E-state index in [9.17, 15) is 38.4 Å². The van der Waals surface area contributed by atoms with Gasteiger partial charge in [0.25, 0.3) is 15.9 Å². The van der Waals surface area contributed by atoms with E-state index in [0.29, 0.717) is 0 Å². The first kappa shape index (κ1) is 25.1. The van der Waals surface area contributed by atoms with Gasteiger partial charge >= 0.3 is 5.97 Å². The second-order valence-corrected chi connectivity index (χ2v) is 8.89. The summed E-state index contributed by atoms with van der Waals surface area (Å²) in [4.78, 5) is 22.5. The zero-order chi connectivity index (χ0) is 23.6. The molecule has 0 aliphatic carbocycles. The summed E-state index contributed by atoms with van der Waals surface area (Å²) in [5, 5.41) is 52.4. The van der Waals surface area contributed by atoms with Gasteiger partial charge in [-0.2, -0.15) is 8.42 Å². The van der Waals surface area contributed by atoms with E-state index in [-0.39, 0.29) is 4.90 Å². The summed E-state index contributed by atoms with van der Waals surface area (Å²) in [6, 6.07) is 4.23. The lowest BCUT2D eigenvalue weighted by molar-refractivity contribution is -0.294. The number of hydrogen-bond acceptors (Lipinski definition) is 10. The Kier molecular flexibility index (Phi) is 7.75. The van der Waals surface area contributed by atoms with Crippen LogP contribution < -0.4 is 5.32 Å². The van der Waals surface area contributed by atoms with E-state index in [2.05, 4.69) is 5.32 Å². The number of carboxylic acids is 1. The van der Waals surface area contributed by atoms with Crippen LogP contribution in [0.1, 0.15) is 18.9 Å². The Labute approximate surface area is 178 Å². The molecule has 1 aromatic rings. The molecule has 1 aromatic carbocycles. The normalized spacial score (nSPS) is 28.5. The Morgan fingerprint density at radius 1 is 1.29 bits per heavy atom. The van der Waals surface area contributed by atoms with Gasteiger partial charge in [0, 0.05) is 13.3 Å². The van der Waals surface area contributed by atoms with E-state index in [0.717, 1.165) is 12.5 Å². The molecule has 12 nitrogen and oxygen atoms in total. The van der Waals surface area contributed by atoms with Crippen molar-refractivity contribution in [3.05, 3.63) is 29.8 Å². The van der Waals surface area contributed by atoms with Crippen molar-refractivity contribution in [2.45, 2.75) is 61.4 Å². The molecule has 1 fully saturated rings. The molecule has 0 spiro atoms. The number of aliphatic hydroxyl groups excluding tert-OH is 3. The summed E-state index contributed by atoms with van der Waals surface area (Å²) in [7, 11) is -4.29. The lowest BCUT2D eigenvalue weighted by atomic mass is 9.88. The van der Waals surface area contributed by atoms with Crippen LogP contribution in [0.25, 0.3) is 0 Å². The quantitative estimate of drug-likeness (QED) is 0.230. The van der Waals surface area contributed by atoms with E-state index >= 15 is 0 Å². The SMILES string of the molecule is CC(=O)NC1C([C@H](O)[C@H](O)COS(=O)(=O)c2ccc(C)cc2)OC(O)(C(=O)O)C[C@H]1O. The molecule has 1 aliphatic rings. The van der Waals surface area contributed by atoms with Gasteiger partial charge in [0.15, 0.2) is 0 Å².